The molecule has 1 saturated heterocycles. The highest BCUT2D eigenvalue weighted by atomic mass is 35.5. The van der Waals surface area contributed by atoms with Crippen LogP contribution < -0.4 is 4.90 Å². The van der Waals surface area contributed by atoms with E-state index in [-0.39, 0.29) is 35.6 Å². The van der Waals surface area contributed by atoms with Gasteiger partial charge in [-0.15, -0.1) is 0 Å². The molecule has 6 rings (SSSR count). The fourth-order valence-corrected chi connectivity index (χ4v) is 8.38. The fourth-order valence-electron chi connectivity index (χ4n) is 8.25. The van der Waals surface area contributed by atoms with Crippen LogP contribution in [0.1, 0.15) is 48.0 Å². The number of hydrogen-bond donors (Lipinski definition) is 1. The van der Waals surface area contributed by atoms with Crippen molar-refractivity contribution in [3.8, 4) is 0 Å². The molecular formula is C31H38ClNO6. The Hall–Kier alpha value is -2.19. The normalized spacial score (nSPS) is 41.1. The van der Waals surface area contributed by atoms with Crippen LogP contribution in [0.4, 0.5) is 10.5 Å². The van der Waals surface area contributed by atoms with Gasteiger partial charge in [-0.1, -0.05) is 44.5 Å². The van der Waals surface area contributed by atoms with Crippen LogP contribution in [0.5, 0.6) is 0 Å². The molecule has 2 bridgehead atoms. The standard InChI is InChI=1S/C31H38ClNO6/c1-16-14-30-17(2)12-22-23(28(22,3)4)21(24(30)34)13-18-15-37-29(5,6)39-26(18)31(30,36)25(16)38-27(35)33(7)20-10-8-19(32)9-11-20/h8-11,13-14,17,21-23,25-26,36H,12,15H2,1-7H3/t17-,21+,22-,23+,25+,26-,30+,31-/m1/s1. The number of hydrogen-bond acceptors (Lipinski definition) is 6. The molecule has 1 aliphatic heterocycles. The SMILES string of the molecule is CC1=C[C@]23C(=O)[C@@H](C=C4COC(C)(C)O[C@H]4[C@]2(O)[C@H]1OC(=O)N(C)c1ccc(Cl)cc1)[C@H]1[C@@H](C[C@H]3C)C1(C)C. The summed E-state index contributed by atoms with van der Waals surface area (Å²) >= 11 is 6.03. The monoisotopic (exact) mass is 555 g/mol. The molecule has 1 N–H and O–H groups in total. The Morgan fingerprint density at radius 1 is 1.18 bits per heavy atom. The third-order valence-corrected chi connectivity index (χ3v) is 10.6. The number of allylic oxidation sites excluding steroid dienone is 1. The van der Waals surface area contributed by atoms with Crippen LogP contribution in [-0.2, 0) is 19.0 Å². The number of halogens is 1. The van der Waals surface area contributed by atoms with E-state index in [2.05, 4.69) is 20.8 Å². The van der Waals surface area contributed by atoms with Crippen LogP contribution in [0.2, 0.25) is 5.02 Å². The van der Waals surface area contributed by atoms with Crippen LogP contribution in [0.3, 0.4) is 0 Å². The van der Waals surface area contributed by atoms with Crippen molar-refractivity contribution in [3.63, 3.8) is 0 Å². The summed E-state index contributed by atoms with van der Waals surface area (Å²) in [6.45, 7) is 12.2. The van der Waals surface area contributed by atoms with Gasteiger partial charge in [0.25, 0.3) is 0 Å². The van der Waals surface area contributed by atoms with Gasteiger partial charge >= 0.3 is 6.09 Å². The minimum absolute atomic E-state index is 0.0113. The third-order valence-electron chi connectivity index (χ3n) is 10.4. The summed E-state index contributed by atoms with van der Waals surface area (Å²) in [5.74, 6) is -1.01. The van der Waals surface area contributed by atoms with Crippen LogP contribution in [0, 0.1) is 34.5 Å². The molecule has 1 heterocycles. The zero-order chi connectivity index (χ0) is 28.3. The van der Waals surface area contributed by atoms with Gasteiger partial charge in [0.15, 0.2) is 23.3 Å². The minimum atomic E-state index is -1.84. The van der Waals surface area contributed by atoms with Gasteiger partial charge in [0, 0.05) is 23.7 Å². The predicted molar refractivity (Wildman–Crippen MR) is 147 cm³/mol. The highest BCUT2D eigenvalue weighted by Gasteiger charge is 2.77. The van der Waals surface area contributed by atoms with Crippen molar-refractivity contribution in [3.05, 3.63) is 52.6 Å². The molecule has 1 spiro atoms. The topological polar surface area (TPSA) is 85.3 Å². The van der Waals surface area contributed by atoms with Crippen molar-refractivity contribution >= 4 is 29.2 Å². The van der Waals surface area contributed by atoms with Crippen LogP contribution in [0.15, 0.2) is 47.6 Å². The molecule has 1 aromatic carbocycles. The second-order valence-corrected chi connectivity index (χ2v) is 13.7. The van der Waals surface area contributed by atoms with Crippen molar-refractivity contribution in [1.29, 1.82) is 0 Å². The molecule has 8 heteroatoms. The van der Waals surface area contributed by atoms with Gasteiger partial charge in [-0.2, -0.15) is 0 Å². The highest BCUT2D eigenvalue weighted by Crippen LogP contribution is 2.72. The first-order valence-corrected chi connectivity index (χ1v) is 14.2. The van der Waals surface area contributed by atoms with Gasteiger partial charge in [0.05, 0.1) is 12.0 Å². The molecule has 0 unspecified atom stereocenters. The maximum absolute atomic E-state index is 14.8. The molecule has 2 saturated carbocycles. The number of ether oxygens (including phenoxy) is 3. The quantitative estimate of drug-likeness (QED) is 0.482. The molecular weight excluding hydrogens is 518 g/mol. The zero-order valence-electron chi connectivity index (χ0n) is 23.7. The van der Waals surface area contributed by atoms with Gasteiger partial charge in [0.1, 0.15) is 6.10 Å². The molecule has 3 fully saturated rings. The Morgan fingerprint density at radius 2 is 1.85 bits per heavy atom. The Kier molecular flexibility index (Phi) is 5.83. The van der Waals surface area contributed by atoms with E-state index >= 15 is 0 Å². The lowest BCUT2D eigenvalue weighted by Crippen LogP contribution is -2.68. The number of anilines is 1. The summed E-state index contributed by atoms with van der Waals surface area (Å²) in [5, 5.41) is 13.6. The van der Waals surface area contributed by atoms with Gasteiger partial charge in [-0.25, -0.2) is 4.79 Å². The van der Waals surface area contributed by atoms with E-state index in [1.54, 1.807) is 45.2 Å². The molecule has 1 aromatic rings. The zero-order valence-corrected chi connectivity index (χ0v) is 24.4. The number of carbonyl (C=O) groups excluding carboxylic acids is 2. The average Bonchev–Trinajstić information content (AvgIpc) is 3.36. The summed E-state index contributed by atoms with van der Waals surface area (Å²) in [7, 11) is 1.61. The first-order chi connectivity index (χ1) is 18.1. The number of benzene rings is 1. The van der Waals surface area contributed by atoms with Crippen molar-refractivity contribution < 1.29 is 28.9 Å². The molecule has 1 amide bonds. The lowest BCUT2D eigenvalue weighted by molar-refractivity contribution is -0.302. The first kappa shape index (κ1) is 27.0. The number of aliphatic hydroxyl groups is 1. The van der Waals surface area contributed by atoms with E-state index in [9.17, 15) is 14.7 Å². The Labute approximate surface area is 235 Å². The molecule has 210 valence electrons. The number of ketones is 1. The van der Waals surface area contributed by atoms with E-state index in [0.29, 0.717) is 22.2 Å². The summed E-state index contributed by atoms with van der Waals surface area (Å²) in [4.78, 5) is 29.7. The molecule has 8 atom stereocenters. The van der Waals surface area contributed by atoms with E-state index in [1.165, 1.54) is 4.90 Å². The van der Waals surface area contributed by atoms with Crippen LogP contribution in [-0.4, -0.2) is 54.2 Å². The Bertz CT molecular complexity index is 1300. The number of Topliss-reactive ketones (excluding diaryl/α,β-unsaturated/α-hetero) is 1. The maximum atomic E-state index is 14.8. The van der Waals surface area contributed by atoms with Gasteiger partial charge in [-0.05, 0) is 85.8 Å². The second-order valence-electron chi connectivity index (χ2n) is 13.3. The highest BCUT2D eigenvalue weighted by molar-refractivity contribution is 6.30. The van der Waals surface area contributed by atoms with Crippen molar-refractivity contribution in [2.45, 2.75) is 71.6 Å². The van der Waals surface area contributed by atoms with E-state index in [4.69, 9.17) is 25.8 Å². The number of amides is 1. The molecule has 0 radical (unpaired) electrons. The van der Waals surface area contributed by atoms with Crippen molar-refractivity contribution in [2.24, 2.45) is 34.5 Å². The van der Waals surface area contributed by atoms with E-state index in [0.717, 1.165) is 12.0 Å². The molecule has 4 aliphatic carbocycles. The summed E-state index contributed by atoms with van der Waals surface area (Å²) in [6, 6.07) is 6.85. The summed E-state index contributed by atoms with van der Waals surface area (Å²) in [5.41, 5.74) is -1.10. The predicted octanol–water partition coefficient (Wildman–Crippen LogP) is 5.55. The van der Waals surface area contributed by atoms with Gasteiger partial charge in [0.2, 0.25) is 0 Å². The second kappa shape index (κ2) is 8.41. The minimum Gasteiger partial charge on any atom is -0.438 e. The largest absolute Gasteiger partial charge is 0.438 e. The average molecular weight is 556 g/mol. The first-order valence-electron chi connectivity index (χ1n) is 13.8. The lowest BCUT2D eigenvalue weighted by atomic mass is 9.59. The van der Waals surface area contributed by atoms with Gasteiger partial charge < -0.3 is 19.3 Å². The number of fused-ring (bicyclic) bond motifs is 5. The van der Waals surface area contributed by atoms with Crippen LogP contribution >= 0.6 is 11.6 Å². The lowest BCUT2D eigenvalue weighted by Gasteiger charge is -2.52. The summed E-state index contributed by atoms with van der Waals surface area (Å²) < 4.78 is 18.7. The Balaban J connectivity index is 1.46. The Morgan fingerprint density at radius 3 is 2.51 bits per heavy atom. The molecule has 5 aliphatic rings. The maximum Gasteiger partial charge on any atom is 0.414 e. The van der Waals surface area contributed by atoms with E-state index in [1.807, 2.05) is 19.1 Å². The summed E-state index contributed by atoms with van der Waals surface area (Å²) in [6.07, 6.45) is 2.09. The van der Waals surface area contributed by atoms with E-state index < -0.39 is 35.1 Å². The number of carbonyl (C=O) groups is 2. The molecule has 39 heavy (non-hydrogen) atoms. The number of nitrogens with zero attached hydrogens (tertiary/aromatic N) is 1. The smallest absolute Gasteiger partial charge is 0.414 e. The molecule has 0 aromatic heterocycles. The van der Waals surface area contributed by atoms with Crippen molar-refractivity contribution in [2.75, 3.05) is 18.6 Å². The number of rotatable bonds is 2. The third kappa shape index (κ3) is 3.59. The molecule has 7 nitrogen and oxygen atoms in total. The van der Waals surface area contributed by atoms with Crippen molar-refractivity contribution in [1.82, 2.24) is 0 Å². The fraction of sp³-hybridized carbons (Fsp3) is 0.613. The van der Waals surface area contributed by atoms with Crippen LogP contribution in [0.25, 0.3) is 0 Å². The van der Waals surface area contributed by atoms with Gasteiger partial charge in [-0.3, -0.25) is 9.69 Å².